The molecular formula is C12H25NO2. The molecule has 0 aliphatic carbocycles. The molecule has 15 heavy (non-hydrogen) atoms. The van der Waals surface area contributed by atoms with Crippen molar-refractivity contribution in [3.05, 3.63) is 0 Å². The number of hydrogen-bond donors (Lipinski definition) is 0. The molecule has 1 unspecified atom stereocenters. The largest absolute Gasteiger partial charge is 0.373 e. The standard InChI is InChI=1S/C12H25NO2/c1-11(2,3)14-8-10-7-13(6)9-12(4,5)15-10/h10H,7-9H2,1-6H3. The van der Waals surface area contributed by atoms with E-state index in [-0.39, 0.29) is 17.3 Å². The molecule has 0 amide bonds. The smallest absolute Gasteiger partial charge is 0.0943 e. The molecule has 90 valence electrons. The fraction of sp³-hybridized carbons (Fsp3) is 1.00. The van der Waals surface area contributed by atoms with E-state index in [1.54, 1.807) is 0 Å². The first-order valence-corrected chi connectivity index (χ1v) is 5.68. The normalized spacial score (nSPS) is 28.0. The zero-order valence-electron chi connectivity index (χ0n) is 11.0. The monoisotopic (exact) mass is 215 g/mol. The minimum absolute atomic E-state index is 0.0566. The van der Waals surface area contributed by atoms with Crippen LogP contribution in [-0.4, -0.2) is 49.0 Å². The van der Waals surface area contributed by atoms with E-state index in [2.05, 4.69) is 46.6 Å². The summed E-state index contributed by atoms with van der Waals surface area (Å²) >= 11 is 0. The summed E-state index contributed by atoms with van der Waals surface area (Å²) in [4.78, 5) is 2.31. The molecule has 0 N–H and O–H groups in total. The van der Waals surface area contributed by atoms with E-state index in [4.69, 9.17) is 9.47 Å². The summed E-state index contributed by atoms with van der Waals surface area (Å²) in [7, 11) is 2.13. The summed E-state index contributed by atoms with van der Waals surface area (Å²) < 4.78 is 11.7. The topological polar surface area (TPSA) is 21.7 Å². The number of morpholine rings is 1. The third-order valence-electron chi connectivity index (χ3n) is 2.35. The number of likely N-dealkylation sites (N-methyl/N-ethyl adjacent to an activating group) is 1. The second-order valence-corrected chi connectivity index (χ2v) is 6.12. The number of ether oxygens (including phenoxy) is 2. The van der Waals surface area contributed by atoms with E-state index in [0.717, 1.165) is 13.1 Å². The fourth-order valence-electron chi connectivity index (χ4n) is 2.02. The van der Waals surface area contributed by atoms with Crippen LogP contribution in [0.1, 0.15) is 34.6 Å². The third kappa shape index (κ3) is 4.96. The Morgan fingerprint density at radius 1 is 1.40 bits per heavy atom. The third-order valence-corrected chi connectivity index (χ3v) is 2.35. The number of rotatable bonds is 2. The lowest BCUT2D eigenvalue weighted by Crippen LogP contribution is -2.52. The van der Waals surface area contributed by atoms with Crippen molar-refractivity contribution in [2.45, 2.75) is 51.9 Å². The van der Waals surface area contributed by atoms with Gasteiger partial charge in [-0.1, -0.05) is 0 Å². The summed E-state index contributed by atoms with van der Waals surface area (Å²) in [6.07, 6.45) is 0.193. The van der Waals surface area contributed by atoms with Crippen molar-refractivity contribution in [3.8, 4) is 0 Å². The van der Waals surface area contributed by atoms with Gasteiger partial charge in [-0.3, -0.25) is 0 Å². The van der Waals surface area contributed by atoms with Gasteiger partial charge in [-0.25, -0.2) is 0 Å². The molecule has 0 aromatic carbocycles. The molecule has 3 heteroatoms. The minimum Gasteiger partial charge on any atom is -0.373 e. The highest BCUT2D eigenvalue weighted by Crippen LogP contribution is 2.21. The van der Waals surface area contributed by atoms with Gasteiger partial charge in [-0.15, -0.1) is 0 Å². The molecule has 1 heterocycles. The summed E-state index contributed by atoms with van der Waals surface area (Å²) in [6, 6.07) is 0. The quantitative estimate of drug-likeness (QED) is 0.702. The maximum absolute atomic E-state index is 5.97. The molecule has 0 bridgehead atoms. The molecule has 1 aliphatic rings. The molecule has 1 atom stereocenters. The summed E-state index contributed by atoms with van der Waals surface area (Å²) in [5, 5.41) is 0. The van der Waals surface area contributed by atoms with Gasteiger partial charge < -0.3 is 14.4 Å². The second-order valence-electron chi connectivity index (χ2n) is 6.12. The Kier molecular flexibility index (Phi) is 3.80. The van der Waals surface area contributed by atoms with Crippen LogP contribution < -0.4 is 0 Å². The molecule has 0 spiro atoms. The average molecular weight is 215 g/mol. The minimum atomic E-state index is -0.0798. The molecule has 0 aromatic heterocycles. The molecule has 1 fully saturated rings. The fourth-order valence-corrected chi connectivity index (χ4v) is 2.02. The Morgan fingerprint density at radius 3 is 2.47 bits per heavy atom. The maximum Gasteiger partial charge on any atom is 0.0943 e. The predicted molar refractivity (Wildman–Crippen MR) is 62.2 cm³/mol. The van der Waals surface area contributed by atoms with Crippen molar-refractivity contribution in [2.75, 3.05) is 26.7 Å². The zero-order valence-corrected chi connectivity index (χ0v) is 11.0. The highest BCUT2D eigenvalue weighted by atomic mass is 16.6. The van der Waals surface area contributed by atoms with Crippen molar-refractivity contribution in [1.82, 2.24) is 4.90 Å². The molecule has 0 aromatic rings. The van der Waals surface area contributed by atoms with Crippen molar-refractivity contribution < 1.29 is 9.47 Å². The Balaban J connectivity index is 2.42. The van der Waals surface area contributed by atoms with E-state index >= 15 is 0 Å². The zero-order chi connectivity index (χ0) is 11.7. The number of nitrogens with zero attached hydrogens (tertiary/aromatic N) is 1. The van der Waals surface area contributed by atoms with E-state index in [0.29, 0.717) is 6.61 Å². The Labute approximate surface area is 93.7 Å². The molecule has 1 saturated heterocycles. The number of hydrogen-bond acceptors (Lipinski definition) is 3. The maximum atomic E-state index is 5.97. The molecule has 0 radical (unpaired) electrons. The van der Waals surface area contributed by atoms with Crippen LogP contribution in [0.15, 0.2) is 0 Å². The summed E-state index contributed by atoms with van der Waals surface area (Å²) in [6.45, 7) is 13.1. The van der Waals surface area contributed by atoms with Gasteiger partial charge in [0.2, 0.25) is 0 Å². The van der Waals surface area contributed by atoms with Crippen LogP contribution in [0.3, 0.4) is 0 Å². The van der Waals surface area contributed by atoms with Crippen LogP contribution in [0.25, 0.3) is 0 Å². The van der Waals surface area contributed by atoms with Gasteiger partial charge in [-0.2, -0.15) is 0 Å². The summed E-state index contributed by atoms with van der Waals surface area (Å²) in [5.74, 6) is 0. The van der Waals surface area contributed by atoms with E-state index in [9.17, 15) is 0 Å². The lowest BCUT2D eigenvalue weighted by atomic mass is 10.1. The van der Waals surface area contributed by atoms with Gasteiger partial charge in [0.15, 0.2) is 0 Å². The highest BCUT2D eigenvalue weighted by Gasteiger charge is 2.32. The van der Waals surface area contributed by atoms with Crippen LogP contribution in [-0.2, 0) is 9.47 Å². The van der Waals surface area contributed by atoms with Gasteiger partial charge in [0.05, 0.1) is 23.9 Å². The van der Waals surface area contributed by atoms with Gasteiger partial charge in [-0.05, 0) is 41.7 Å². The van der Waals surface area contributed by atoms with Gasteiger partial charge in [0, 0.05) is 13.1 Å². The molecule has 3 nitrogen and oxygen atoms in total. The van der Waals surface area contributed by atoms with Gasteiger partial charge >= 0.3 is 0 Å². The predicted octanol–water partition coefficient (Wildman–Crippen LogP) is 1.91. The van der Waals surface area contributed by atoms with Crippen LogP contribution >= 0.6 is 0 Å². The van der Waals surface area contributed by atoms with Crippen LogP contribution in [0.2, 0.25) is 0 Å². The molecule has 1 aliphatic heterocycles. The first kappa shape index (κ1) is 12.9. The van der Waals surface area contributed by atoms with E-state index in [1.807, 2.05) is 0 Å². The van der Waals surface area contributed by atoms with Crippen molar-refractivity contribution in [2.24, 2.45) is 0 Å². The summed E-state index contributed by atoms with van der Waals surface area (Å²) in [5.41, 5.74) is -0.136. The van der Waals surface area contributed by atoms with Crippen molar-refractivity contribution in [1.29, 1.82) is 0 Å². The molecule has 0 saturated carbocycles. The molecule has 1 rings (SSSR count). The lowest BCUT2D eigenvalue weighted by Gasteiger charge is -2.41. The Hall–Kier alpha value is -0.120. The second kappa shape index (κ2) is 4.40. The van der Waals surface area contributed by atoms with Crippen LogP contribution in [0.4, 0.5) is 0 Å². The Bertz CT molecular complexity index is 208. The molecular weight excluding hydrogens is 190 g/mol. The van der Waals surface area contributed by atoms with E-state index < -0.39 is 0 Å². The van der Waals surface area contributed by atoms with Crippen molar-refractivity contribution >= 4 is 0 Å². The first-order chi connectivity index (χ1) is 6.68. The Morgan fingerprint density at radius 2 is 2.00 bits per heavy atom. The van der Waals surface area contributed by atoms with Gasteiger partial charge in [0.25, 0.3) is 0 Å². The lowest BCUT2D eigenvalue weighted by molar-refractivity contribution is -0.165. The first-order valence-electron chi connectivity index (χ1n) is 5.68. The van der Waals surface area contributed by atoms with Gasteiger partial charge in [0.1, 0.15) is 0 Å². The average Bonchev–Trinajstić information content (AvgIpc) is 1.95. The highest BCUT2D eigenvalue weighted by molar-refractivity contribution is 4.82. The SMILES string of the molecule is CN1CC(COC(C)(C)C)OC(C)(C)C1. The van der Waals surface area contributed by atoms with E-state index in [1.165, 1.54) is 0 Å². The van der Waals surface area contributed by atoms with Crippen LogP contribution in [0.5, 0.6) is 0 Å². The van der Waals surface area contributed by atoms with Crippen molar-refractivity contribution in [3.63, 3.8) is 0 Å². The van der Waals surface area contributed by atoms with Crippen LogP contribution in [0, 0.1) is 0 Å².